The van der Waals surface area contributed by atoms with Crippen molar-refractivity contribution in [3.63, 3.8) is 0 Å². The summed E-state index contributed by atoms with van der Waals surface area (Å²) in [5, 5.41) is 1.62. The van der Waals surface area contributed by atoms with E-state index in [1.54, 1.807) is 6.20 Å². The van der Waals surface area contributed by atoms with Crippen LogP contribution in [0.2, 0.25) is 5.02 Å². The van der Waals surface area contributed by atoms with Crippen molar-refractivity contribution >= 4 is 33.5 Å². The molecule has 0 amide bonds. The van der Waals surface area contributed by atoms with E-state index in [1.165, 1.54) is 5.56 Å². The second-order valence-corrected chi connectivity index (χ2v) is 8.20. The molecule has 6 heteroatoms. The topological polar surface area (TPSA) is 49.2 Å². The van der Waals surface area contributed by atoms with Gasteiger partial charge < -0.3 is 9.47 Å². The van der Waals surface area contributed by atoms with Crippen LogP contribution in [0.15, 0.2) is 67.1 Å². The van der Waals surface area contributed by atoms with Crippen LogP contribution in [0.3, 0.4) is 0 Å². The van der Waals surface area contributed by atoms with Crippen LogP contribution in [-0.4, -0.2) is 21.3 Å². The Hall–Kier alpha value is -3.57. The molecule has 32 heavy (non-hydrogen) atoms. The summed E-state index contributed by atoms with van der Waals surface area (Å²) >= 11 is 6.68. The van der Waals surface area contributed by atoms with Crippen molar-refractivity contribution in [2.75, 3.05) is 6.79 Å². The molecule has 0 saturated heterocycles. The number of hydrogen-bond donors (Lipinski definition) is 0. The van der Waals surface area contributed by atoms with E-state index in [0.29, 0.717) is 5.02 Å². The van der Waals surface area contributed by atoms with Crippen molar-refractivity contribution < 1.29 is 9.47 Å². The maximum Gasteiger partial charge on any atom is 0.231 e. The number of benzene rings is 3. The van der Waals surface area contributed by atoms with E-state index >= 15 is 0 Å². The predicted molar refractivity (Wildman–Crippen MR) is 127 cm³/mol. The van der Waals surface area contributed by atoms with Gasteiger partial charge in [0.25, 0.3) is 0 Å². The molecule has 0 unspecified atom stereocenters. The summed E-state index contributed by atoms with van der Waals surface area (Å²) in [6.07, 6.45) is 5.49. The zero-order valence-electron chi connectivity index (χ0n) is 17.2. The third-order valence-electron chi connectivity index (χ3n) is 5.83. The molecule has 3 aromatic carbocycles. The van der Waals surface area contributed by atoms with Crippen molar-refractivity contribution in [2.24, 2.45) is 0 Å². The number of nitrogens with zero attached hydrogens (tertiary/aromatic N) is 3. The molecule has 6 rings (SSSR count). The van der Waals surface area contributed by atoms with Crippen molar-refractivity contribution in [3.8, 4) is 28.3 Å². The van der Waals surface area contributed by atoms with Crippen molar-refractivity contribution in [2.45, 2.75) is 12.8 Å². The lowest BCUT2D eigenvalue weighted by Crippen LogP contribution is -1.95. The van der Waals surface area contributed by atoms with Gasteiger partial charge in [-0.15, -0.1) is 0 Å². The standard InChI is InChI=1S/C26H19ClN3O2/c1-2-3-16-4-7-18(8-5-16)30-14-29-23-13-28-22-12-21(27)19(11-20(22)26(23)30)17-6-9-24-25(10-17)32-15-31-24/h4-14H,1-3,15H2. The van der Waals surface area contributed by atoms with Gasteiger partial charge in [0.2, 0.25) is 6.79 Å². The lowest BCUT2D eigenvalue weighted by Gasteiger charge is -2.11. The van der Waals surface area contributed by atoms with E-state index in [0.717, 1.165) is 63.1 Å². The second-order valence-electron chi connectivity index (χ2n) is 7.79. The number of aryl methyl sites for hydroxylation is 1. The maximum absolute atomic E-state index is 6.68. The molecular formula is C26H19ClN3O2. The summed E-state index contributed by atoms with van der Waals surface area (Å²) < 4.78 is 13.1. The van der Waals surface area contributed by atoms with E-state index in [1.807, 2.05) is 30.6 Å². The largest absolute Gasteiger partial charge is 0.454 e. The van der Waals surface area contributed by atoms with Gasteiger partial charge in [-0.25, -0.2) is 4.98 Å². The lowest BCUT2D eigenvalue weighted by molar-refractivity contribution is 0.174. The Kier molecular flexibility index (Phi) is 4.51. The molecule has 1 radical (unpaired) electrons. The molecular weight excluding hydrogens is 422 g/mol. The van der Waals surface area contributed by atoms with Gasteiger partial charge in [-0.3, -0.25) is 9.55 Å². The monoisotopic (exact) mass is 440 g/mol. The van der Waals surface area contributed by atoms with Gasteiger partial charge in [-0.2, -0.15) is 0 Å². The SMILES string of the molecule is [CH2]CCc1ccc(-n2cnc3cnc4cc(Cl)c(-c5ccc6c(c5)OCO6)cc4c32)cc1. The molecule has 0 bridgehead atoms. The Morgan fingerprint density at radius 3 is 2.62 bits per heavy atom. The first-order valence-electron chi connectivity index (χ1n) is 10.4. The van der Waals surface area contributed by atoms with Crippen molar-refractivity contribution in [1.29, 1.82) is 0 Å². The molecule has 3 heterocycles. The number of hydrogen-bond acceptors (Lipinski definition) is 4. The molecule has 1 aliphatic heterocycles. The van der Waals surface area contributed by atoms with Crippen molar-refractivity contribution in [3.05, 3.63) is 84.6 Å². The Labute approximate surface area is 190 Å². The molecule has 5 aromatic rings. The van der Waals surface area contributed by atoms with Gasteiger partial charge in [0.15, 0.2) is 11.5 Å². The third-order valence-corrected chi connectivity index (χ3v) is 6.14. The van der Waals surface area contributed by atoms with Crippen LogP contribution < -0.4 is 9.47 Å². The fraction of sp³-hybridized carbons (Fsp3) is 0.115. The second kappa shape index (κ2) is 7.53. The Bertz CT molecular complexity index is 1470. The van der Waals surface area contributed by atoms with Crippen LogP contribution in [0.25, 0.3) is 38.8 Å². The van der Waals surface area contributed by atoms with Gasteiger partial charge in [-0.05, 0) is 60.4 Å². The molecule has 0 spiro atoms. The summed E-state index contributed by atoms with van der Waals surface area (Å²) in [5.41, 5.74) is 6.84. The highest BCUT2D eigenvalue weighted by atomic mass is 35.5. The van der Waals surface area contributed by atoms with Crippen LogP contribution in [0, 0.1) is 6.92 Å². The first-order chi connectivity index (χ1) is 15.7. The molecule has 0 N–H and O–H groups in total. The van der Waals surface area contributed by atoms with Crippen LogP contribution in [0.5, 0.6) is 11.5 Å². The predicted octanol–water partition coefficient (Wildman–Crippen LogP) is 6.39. The molecule has 5 nitrogen and oxygen atoms in total. The number of rotatable bonds is 4. The molecule has 2 aromatic heterocycles. The minimum absolute atomic E-state index is 0.238. The fourth-order valence-electron chi connectivity index (χ4n) is 4.22. The van der Waals surface area contributed by atoms with Gasteiger partial charge in [0.05, 0.1) is 22.3 Å². The first kappa shape index (κ1) is 19.1. The summed E-state index contributed by atoms with van der Waals surface area (Å²) in [6, 6.07) is 18.4. The van der Waals surface area contributed by atoms with E-state index in [9.17, 15) is 0 Å². The molecule has 0 aliphatic carbocycles. The minimum Gasteiger partial charge on any atom is -0.454 e. The number of imidazole rings is 1. The number of halogens is 1. The summed E-state index contributed by atoms with van der Waals surface area (Å²) in [4.78, 5) is 9.19. The molecule has 0 atom stereocenters. The van der Waals surface area contributed by atoms with Crippen LogP contribution in [0.4, 0.5) is 0 Å². The quantitative estimate of drug-likeness (QED) is 0.325. The summed E-state index contributed by atoms with van der Waals surface area (Å²) in [5.74, 6) is 1.47. The fourth-order valence-corrected chi connectivity index (χ4v) is 4.49. The van der Waals surface area contributed by atoms with Crippen molar-refractivity contribution in [1.82, 2.24) is 14.5 Å². The van der Waals surface area contributed by atoms with E-state index in [4.69, 9.17) is 21.1 Å². The summed E-state index contributed by atoms with van der Waals surface area (Å²) in [6.45, 7) is 4.18. The van der Waals surface area contributed by atoms with Gasteiger partial charge in [0, 0.05) is 16.6 Å². The lowest BCUT2D eigenvalue weighted by atomic mass is 10.0. The highest BCUT2D eigenvalue weighted by molar-refractivity contribution is 6.34. The Balaban J connectivity index is 1.54. The number of aromatic nitrogens is 3. The zero-order chi connectivity index (χ0) is 21.7. The highest BCUT2D eigenvalue weighted by Crippen LogP contribution is 2.40. The van der Waals surface area contributed by atoms with Gasteiger partial charge in [-0.1, -0.05) is 36.7 Å². The third kappa shape index (κ3) is 3.09. The average Bonchev–Trinajstić information content (AvgIpc) is 3.46. The number of pyridine rings is 1. The molecule has 0 fully saturated rings. The van der Waals surface area contributed by atoms with Gasteiger partial charge in [0.1, 0.15) is 11.8 Å². The van der Waals surface area contributed by atoms with E-state index in [-0.39, 0.29) is 6.79 Å². The smallest absolute Gasteiger partial charge is 0.231 e. The average molecular weight is 441 g/mol. The normalized spacial score (nSPS) is 12.7. The number of fused-ring (bicyclic) bond motifs is 4. The highest BCUT2D eigenvalue weighted by Gasteiger charge is 2.17. The van der Waals surface area contributed by atoms with Crippen LogP contribution in [0.1, 0.15) is 12.0 Å². The van der Waals surface area contributed by atoms with E-state index < -0.39 is 0 Å². The molecule has 157 valence electrons. The maximum atomic E-state index is 6.68. The molecule has 1 aliphatic rings. The summed E-state index contributed by atoms with van der Waals surface area (Å²) in [7, 11) is 0. The van der Waals surface area contributed by atoms with Crippen LogP contribution in [-0.2, 0) is 6.42 Å². The van der Waals surface area contributed by atoms with Crippen LogP contribution >= 0.6 is 11.6 Å². The molecule has 0 saturated carbocycles. The van der Waals surface area contributed by atoms with E-state index in [2.05, 4.69) is 51.8 Å². The first-order valence-corrected chi connectivity index (χ1v) is 10.8. The zero-order valence-corrected chi connectivity index (χ0v) is 18.0. The Morgan fingerprint density at radius 1 is 0.938 bits per heavy atom. The minimum atomic E-state index is 0.238. The Morgan fingerprint density at radius 2 is 1.78 bits per heavy atom. The van der Waals surface area contributed by atoms with Gasteiger partial charge >= 0.3 is 0 Å². The number of ether oxygens (including phenoxy) is 2.